The summed E-state index contributed by atoms with van der Waals surface area (Å²) in [7, 11) is 0. The zero-order valence-corrected chi connectivity index (χ0v) is 18.6. The van der Waals surface area contributed by atoms with Gasteiger partial charge in [-0.25, -0.2) is 9.48 Å². The number of nitrogens with zero attached hydrogens (tertiary/aromatic N) is 2. The Labute approximate surface area is 182 Å². The van der Waals surface area contributed by atoms with Gasteiger partial charge in [0.05, 0.1) is 12.6 Å². The normalized spacial score (nSPS) is 10.5. The van der Waals surface area contributed by atoms with E-state index in [-0.39, 0.29) is 11.8 Å². The standard InChI is InChI=1S/C22H27N3O2.C2H4O2/c1-16(2)27-20-13-11-18(12-14-20)5-4-6-21-23-22(26)25(24-21)15-19-9-7-17(3)8-10-19;1-2(3)4/h7-14,16H,4-6,15H2,1-3H3,(H,23,24,26);1H3,(H,3,4). The third kappa shape index (κ3) is 8.90. The van der Waals surface area contributed by atoms with Crippen molar-refractivity contribution < 1.29 is 14.6 Å². The van der Waals surface area contributed by atoms with Gasteiger partial charge in [-0.15, -0.1) is 0 Å². The molecule has 0 amide bonds. The molecule has 0 radical (unpaired) electrons. The molecule has 31 heavy (non-hydrogen) atoms. The molecule has 166 valence electrons. The summed E-state index contributed by atoms with van der Waals surface area (Å²) in [6, 6.07) is 16.4. The van der Waals surface area contributed by atoms with E-state index in [1.54, 1.807) is 0 Å². The topological polar surface area (TPSA) is 97.2 Å². The van der Waals surface area contributed by atoms with Crippen LogP contribution in [0.1, 0.15) is 49.7 Å². The second kappa shape index (κ2) is 11.7. The number of aliphatic carboxylic acids is 1. The van der Waals surface area contributed by atoms with Crippen LogP contribution in [-0.4, -0.2) is 31.9 Å². The molecule has 0 spiro atoms. The fourth-order valence-corrected chi connectivity index (χ4v) is 2.96. The molecule has 1 heterocycles. The smallest absolute Gasteiger partial charge is 0.343 e. The van der Waals surface area contributed by atoms with Crippen LogP contribution in [0.25, 0.3) is 0 Å². The number of aryl methyl sites for hydroxylation is 3. The summed E-state index contributed by atoms with van der Waals surface area (Å²) in [6.45, 7) is 7.67. The van der Waals surface area contributed by atoms with Crippen LogP contribution >= 0.6 is 0 Å². The van der Waals surface area contributed by atoms with E-state index in [0.29, 0.717) is 6.54 Å². The van der Waals surface area contributed by atoms with Gasteiger partial charge in [0.15, 0.2) is 0 Å². The summed E-state index contributed by atoms with van der Waals surface area (Å²) < 4.78 is 7.16. The lowest BCUT2D eigenvalue weighted by molar-refractivity contribution is -0.134. The zero-order valence-electron chi connectivity index (χ0n) is 18.6. The van der Waals surface area contributed by atoms with Crippen molar-refractivity contribution >= 4 is 5.97 Å². The number of carboxylic acid groups (broad SMARTS) is 1. The molecule has 2 aromatic carbocycles. The number of aromatic amines is 1. The Bertz CT molecular complexity index is 999. The van der Waals surface area contributed by atoms with Crippen molar-refractivity contribution in [3.8, 4) is 5.75 Å². The molecule has 1 aromatic heterocycles. The summed E-state index contributed by atoms with van der Waals surface area (Å²) in [5, 5.41) is 11.9. The van der Waals surface area contributed by atoms with Crippen molar-refractivity contribution in [1.82, 2.24) is 14.8 Å². The zero-order chi connectivity index (χ0) is 22.8. The second-order valence-corrected chi connectivity index (χ2v) is 7.70. The summed E-state index contributed by atoms with van der Waals surface area (Å²) >= 11 is 0. The van der Waals surface area contributed by atoms with Gasteiger partial charge in [-0.05, 0) is 56.9 Å². The predicted octanol–water partition coefficient (Wildman–Crippen LogP) is 3.98. The monoisotopic (exact) mass is 425 g/mol. The van der Waals surface area contributed by atoms with Gasteiger partial charge in [0.1, 0.15) is 11.6 Å². The second-order valence-electron chi connectivity index (χ2n) is 7.70. The number of H-pyrrole nitrogens is 1. The van der Waals surface area contributed by atoms with E-state index in [4.69, 9.17) is 14.6 Å². The maximum Gasteiger partial charge on any atom is 0.343 e. The van der Waals surface area contributed by atoms with E-state index < -0.39 is 5.97 Å². The Hall–Kier alpha value is -3.35. The SMILES string of the molecule is CC(=O)O.Cc1ccc(Cn2nc(CCCc3ccc(OC(C)C)cc3)[nH]c2=O)cc1. The minimum Gasteiger partial charge on any atom is -0.491 e. The highest BCUT2D eigenvalue weighted by Gasteiger charge is 2.06. The van der Waals surface area contributed by atoms with Crippen LogP contribution in [0.3, 0.4) is 0 Å². The average molecular weight is 426 g/mol. The lowest BCUT2D eigenvalue weighted by Crippen LogP contribution is -2.18. The number of rotatable bonds is 8. The first-order chi connectivity index (χ1) is 14.7. The predicted molar refractivity (Wildman–Crippen MR) is 121 cm³/mol. The highest BCUT2D eigenvalue weighted by atomic mass is 16.5. The Kier molecular flexibility index (Phi) is 9.06. The number of carboxylic acids is 1. The molecule has 0 aliphatic rings. The third-order valence-electron chi connectivity index (χ3n) is 4.35. The summed E-state index contributed by atoms with van der Waals surface area (Å²) in [5.41, 5.74) is 3.38. The molecule has 3 rings (SSSR count). The number of hydrogen-bond donors (Lipinski definition) is 2. The maximum atomic E-state index is 12.1. The first-order valence-corrected chi connectivity index (χ1v) is 10.4. The van der Waals surface area contributed by atoms with Gasteiger partial charge in [0.2, 0.25) is 0 Å². The third-order valence-corrected chi connectivity index (χ3v) is 4.35. The lowest BCUT2D eigenvalue weighted by atomic mass is 10.1. The fourth-order valence-electron chi connectivity index (χ4n) is 2.96. The molecule has 0 saturated heterocycles. The molecule has 3 aromatic rings. The lowest BCUT2D eigenvalue weighted by Gasteiger charge is -2.09. The molecule has 0 unspecified atom stereocenters. The van der Waals surface area contributed by atoms with E-state index in [0.717, 1.165) is 43.3 Å². The van der Waals surface area contributed by atoms with Crippen LogP contribution in [0.15, 0.2) is 53.3 Å². The highest BCUT2D eigenvalue weighted by Crippen LogP contribution is 2.15. The van der Waals surface area contributed by atoms with Crippen molar-refractivity contribution in [1.29, 1.82) is 0 Å². The van der Waals surface area contributed by atoms with E-state index in [1.165, 1.54) is 15.8 Å². The average Bonchev–Trinajstić information content (AvgIpc) is 3.03. The number of aromatic nitrogens is 3. The van der Waals surface area contributed by atoms with Crippen molar-refractivity contribution in [2.75, 3.05) is 0 Å². The van der Waals surface area contributed by atoms with Crippen LogP contribution in [-0.2, 0) is 24.2 Å². The highest BCUT2D eigenvalue weighted by molar-refractivity contribution is 5.62. The minimum absolute atomic E-state index is 0.152. The molecule has 7 heteroatoms. The fraction of sp³-hybridized carbons (Fsp3) is 0.375. The first-order valence-electron chi connectivity index (χ1n) is 10.4. The van der Waals surface area contributed by atoms with Gasteiger partial charge in [-0.1, -0.05) is 42.0 Å². The summed E-state index contributed by atoms with van der Waals surface area (Å²) in [4.78, 5) is 24.0. The minimum atomic E-state index is -0.833. The molecule has 7 nitrogen and oxygen atoms in total. The number of benzene rings is 2. The molecular formula is C24H31N3O4. The summed E-state index contributed by atoms with van der Waals surface area (Å²) in [5.74, 6) is 0.805. The van der Waals surface area contributed by atoms with Gasteiger partial charge in [-0.2, -0.15) is 5.10 Å². The maximum absolute atomic E-state index is 12.1. The number of hydrogen-bond acceptors (Lipinski definition) is 4. The molecule has 0 fully saturated rings. The van der Waals surface area contributed by atoms with Crippen molar-refractivity contribution in [3.05, 3.63) is 81.5 Å². The molecule has 0 aliphatic carbocycles. The Balaban J connectivity index is 0.000000785. The first kappa shape index (κ1) is 23.9. The largest absolute Gasteiger partial charge is 0.491 e. The number of nitrogens with one attached hydrogen (secondary N) is 1. The van der Waals surface area contributed by atoms with E-state index in [1.807, 2.05) is 57.2 Å². The Morgan fingerprint density at radius 3 is 2.23 bits per heavy atom. The molecule has 0 aliphatic heterocycles. The van der Waals surface area contributed by atoms with Crippen LogP contribution in [0.5, 0.6) is 5.75 Å². The van der Waals surface area contributed by atoms with Crippen molar-refractivity contribution in [3.63, 3.8) is 0 Å². The molecule has 0 bridgehead atoms. The number of carbonyl (C=O) groups is 1. The molecule has 0 atom stereocenters. The molecule has 2 N–H and O–H groups in total. The number of ether oxygens (including phenoxy) is 1. The van der Waals surface area contributed by atoms with Gasteiger partial charge in [0.25, 0.3) is 5.97 Å². The van der Waals surface area contributed by atoms with Crippen molar-refractivity contribution in [2.45, 2.75) is 59.6 Å². The van der Waals surface area contributed by atoms with Crippen LogP contribution in [0, 0.1) is 6.92 Å². The van der Waals surface area contributed by atoms with E-state index >= 15 is 0 Å². The van der Waals surface area contributed by atoms with Crippen LogP contribution < -0.4 is 10.4 Å². The van der Waals surface area contributed by atoms with Gasteiger partial charge in [0, 0.05) is 13.3 Å². The van der Waals surface area contributed by atoms with Gasteiger partial charge < -0.3 is 9.84 Å². The van der Waals surface area contributed by atoms with Gasteiger partial charge >= 0.3 is 5.69 Å². The van der Waals surface area contributed by atoms with Crippen molar-refractivity contribution in [2.24, 2.45) is 0 Å². The molecule has 0 saturated carbocycles. The van der Waals surface area contributed by atoms with E-state index in [2.05, 4.69) is 22.2 Å². The van der Waals surface area contributed by atoms with E-state index in [9.17, 15) is 4.79 Å². The molecular weight excluding hydrogens is 394 g/mol. The quantitative estimate of drug-likeness (QED) is 0.569. The Morgan fingerprint density at radius 1 is 1.06 bits per heavy atom. The van der Waals surface area contributed by atoms with Gasteiger partial charge in [-0.3, -0.25) is 9.78 Å². The van der Waals surface area contributed by atoms with Crippen LogP contribution in [0.2, 0.25) is 0 Å². The Morgan fingerprint density at radius 2 is 1.65 bits per heavy atom. The van der Waals surface area contributed by atoms with Crippen LogP contribution in [0.4, 0.5) is 0 Å². The summed E-state index contributed by atoms with van der Waals surface area (Å²) in [6.07, 6.45) is 2.81.